The minimum atomic E-state index is -0.464. The molecule has 0 spiro atoms. The van der Waals surface area contributed by atoms with Crippen molar-refractivity contribution in [1.82, 2.24) is 15.2 Å². The number of hydrogen-bond acceptors (Lipinski definition) is 4. The van der Waals surface area contributed by atoms with Crippen LogP contribution in [0.2, 0.25) is 5.15 Å². The monoisotopic (exact) mass is 360 g/mol. The van der Waals surface area contributed by atoms with E-state index in [2.05, 4.69) is 15.6 Å². The second kappa shape index (κ2) is 7.31. The Morgan fingerprint density at radius 3 is 2.84 bits per heavy atom. The SMILES string of the molecule is Cc1nn(Cc2ccc(F)cc2)c(Cl)c1/C=N\NC(=O)c1ccco1. The van der Waals surface area contributed by atoms with Gasteiger partial charge in [0.15, 0.2) is 5.76 Å². The van der Waals surface area contributed by atoms with Crippen LogP contribution in [0.15, 0.2) is 52.2 Å². The highest BCUT2D eigenvalue weighted by Crippen LogP contribution is 2.19. The Morgan fingerprint density at radius 1 is 1.40 bits per heavy atom. The maximum Gasteiger partial charge on any atom is 0.307 e. The van der Waals surface area contributed by atoms with Crippen LogP contribution in [0.5, 0.6) is 0 Å². The van der Waals surface area contributed by atoms with Gasteiger partial charge in [0.1, 0.15) is 11.0 Å². The largest absolute Gasteiger partial charge is 0.459 e. The first-order valence-corrected chi connectivity index (χ1v) is 7.76. The molecule has 2 heterocycles. The third-order valence-electron chi connectivity index (χ3n) is 3.46. The van der Waals surface area contributed by atoms with Gasteiger partial charge in [-0.25, -0.2) is 14.5 Å². The van der Waals surface area contributed by atoms with E-state index in [4.69, 9.17) is 16.0 Å². The number of nitrogens with zero attached hydrogens (tertiary/aromatic N) is 3. The first-order valence-electron chi connectivity index (χ1n) is 7.39. The summed E-state index contributed by atoms with van der Waals surface area (Å²) in [6.45, 7) is 2.18. The highest BCUT2D eigenvalue weighted by atomic mass is 35.5. The van der Waals surface area contributed by atoms with Crippen molar-refractivity contribution in [3.8, 4) is 0 Å². The van der Waals surface area contributed by atoms with Crippen LogP contribution in [0.3, 0.4) is 0 Å². The van der Waals surface area contributed by atoms with E-state index >= 15 is 0 Å². The molecule has 1 amide bonds. The maximum absolute atomic E-state index is 13.0. The molecule has 0 aliphatic carbocycles. The lowest BCUT2D eigenvalue weighted by Gasteiger charge is -2.03. The second-order valence-corrected chi connectivity index (χ2v) is 5.61. The van der Waals surface area contributed by atoms with Gasteiger partial charge in [-0.2, -0.15) is 10.2 Å². The molecule has 0 saturated carbocycles. The first-order chi connectivity index (χ1) is 12.0. The van der Waals surface area contributed by atoms with Crippen LogP contribution < -0.4 is 5.43 Å². The average Bonchev–Trinajstić information content (AvgIpc) is 3.21. The molecular formula is C17H14ClFN4O2. The summed E-state index contributed by atoms with van der Waals surface area (Å²) in [4.78, 5) is 11.7. The topological polar surface area (TPSA) is 72.4 Å². The highest BCUT2D eigenvalue weighted by Gasteiger charge is 2.13. The van der Waals surface area contributed by atoms with Gasteiger partial charge >= 0.3 is 5.91 Å². The number of aromatic nitrogens is 2. The van der Waals surface area contributed by atoms with E-state index in [0.29, 0.717) is 23.0 Å². The Morgan fingerprint density at radius 2 is 2.16 bits per heavy atom. The smallest absolute Gasteiger partial charge is 0.307 e. The van der Waals surface area contributed by atoms with Crippen LogP contribution in [0.1, 0.15) is 27.4 Å². The van der Waals surface area contributed by atoms with Crippen LogP contribution >= 0.6 is 11.6 Å². The van der Waals surface area contributed by atoms with E-state index in [1.165, 1.54) is 30.7 Å². The Hall–Kier alpha value is -2.93. The number of rotatable bonds is 5. The number of hydrogen-bond donors (Lipinski definition) is 1. The van der Waals surface area contributed by atoms with Crippen molar-refractivity contribution in [3.63, 3.8) is 0 Å². The third-order valence-corrected chi connectivity index (χ3v) is 3.86. The molecule has 3 rings (SSSR count). The summed E-state index contributed by atoms with van der Waals surface area (Å²) in [6.07, 6.45) is 2.83. The van der Waals surface area contributed by atoms with E-state index < -0.39 is 5.91 Å². The van der Waals surface area contributed by atoms with Gasteiger partial charge in [-0.15, -0.1) is 0 Å². The Labute approximate surface area is 147 Å². The van der Waals surface area contributed by atoms with Crippen molar-refractivity contribution < 1.29 is 13.6 Å². The number of aryl methyl sites for hydroxylation is 1. The molecule has 0 radical (unpaired) electrons. The van der Waals surface area contributed by atoms with Crippen molar-refractivity contribution in [2.45, 2.75) is 13.5 Å². The van der Waals surface area contributed by atoms with E-state index in [1.54, 1.807) is 29.8 Å². The molecule has 0 aliphatic rings. The summed E-state index contributed by atoms with van der Waals surface area (Å²) in [5.41, 5.74) is 4.46. The van der Waals surface area contributed by atoms with Crippen LogP contribution in [-0.4, -0.2) is 21.9 Å². The Balaban J connectivity index is 1.72. The van der Waals surface area contributed by atoms with Crippen molar-refractivity contribution in [2.24, 2.45) is 5.10 Å². The van der Waals surface area contributed by atoms with Crippen molar-refractivity contribution >= 4 is 23.7 Å². The maximum atomic E-state index is 13.0. The second-order valence-electron chi connectivity index (χ2n) is 5.25. The van der Waals surface area contributed by atoms with Gasteiger partial charge < -0.3 is 4.42 Å². The number of carbonyl (C=O) groups is 1. The van der Waals surface area contributed by atoms with Crippen LogP contribution in [0, 0.1) is 12.7 Å². The van der Waals surface area contributed by atoms with Gasteiger partial charge in [0.2, 0.25) is 0 Å². The molecule has 3 aromatic rings. The lowest BCUT2D eigenvalue weighted by molar-refractivity contribution is 0.0927. The number of halogens is 2. The highest BCUT2D eigenvalue weighted by molar-refractivity contribution is 6.32. The standard InChI is InChI=1S/C17H14ClFN4O2/c1-11-14(9-20-21-17(24)15-3-2-8-25-15)16(18)23(22-11)10-12-4-6-13(19)7-5-12/h2-9H,10H2,1H3,(H,21,24)/b20-9-. The summed E-state index contributed by atoms with van der Waals surface area (Å²) in [5.74, 6) is -0.604. The van der Waals surface area contributed by atoms with Gasteiger partial charge in [-0.1, -0.05) is 23.7 Å². The summed E-state index contributed by atoms with van der Waals surface area (Å²) in [7, 11) is 0. The molecule has 1 aromatic carbocycles. The predicted octanol–water partition coefficient (Wildman–Crippen LogP) is 3.39. The minimum absolute atomic E-state index is 0.159. The number of benzene rings is 1. The van der Waals surface area contributed by atoms with Gasteiger partial charge in [0.25, 0.3) is 0 Å². The zero-order chi connectivity index (χ0) is 17.8. The normalized spacial score (nSPS) is 11.2. The molecule has 1 N–H and O–H groups in total. The number of nitrogens with one attached hydrogen (secondary N) is 1. The van der Waals surface area contributed by atoms with Crippen LogP contribution in [0.25, 0.3) is 0 Å². The zero-order valence-corrected chi connectivity index (χ0v) is 14.0. The van der Waals surface area contributed by atoms with Gasteiger partial charge in [-0.05, 0) is 36.8 Å². The summed E-state index contributed by atoms with van der Waals surface area (Å²) in [5, 5.41) is 8.60. The molecule has 0 bridgehead atoms. The van der Waals surface area contributed by atoms with Crippen molar-refractivity contribution in [2.75, 3.05) is 0 Å². The lowest BCUT2D eigenvalue weighted by atomic mass is 10.2. The Kier molecular flexibility index (Phi) is 4.95. The predicted molar refractivity (Wildman–Crippen MR) is 91.2 cm³/mol. The number of carbonyl (C=O) groups excluding carboxylic acids is 1. The fourth-order valence-corrected chi connectivity index (χ4v) is 2.48. The molecule has 6 nitrogen and oxygen atoms in total. The number of amides is 1. The molecule has 128 valence electrons. The minimum Gasteiger partial charge on any atom is -0.459 e. The molecule has 0 aliphatic heterocycles. The average molecular weight is 361 g/mol. The van der Waals surface area contributed by atoms with Gasteiger partial charge in [0, 0.05) is 0 Å². The van der Waals surface area contributed by atoms with E-state index in [1.807, 2.05) is 0 Å². The molecule has 0 fully saturated rings. The van der Waals surface area contributed by atoms with Crippen LogP contribution in [-0.2, 0) is 6.54 Å². The quantitative estimate of drug-likeness (QED) is 0.560. The molecule has 0 atom stereocenters. The lowest BCUT2D eigenvalue weighted by Crippen LogP contribution is -2.16. The van der Waals surface area contributed by atoms with Crippen molar-refractivity contribution in [1.29, 1.82) is 0 Å². The third kappa shape index (κ3) is 3.95. The van der Waals surface area contributed by atoms with E-state index in [-0.39, 0.29) is 11.6 Å². The van der Waals surface area contributed by atoms with Gasteiger partial charge in [0.05, 0.1) is 30.3 Å². The molecule has 25 heavy (non-hydrogen) atoms. The van der Waals surface area contributed by atoms with Gasteiger partial charge in [-0.3, -0.25) is 4.79 Å². The van der Waals surface area contributed by atoms with Crippen molar-refractivity contribution in [3.05, 3.63) is 76.2 Å². The summed E-state index contributed by atoms with van der Waals surface area (Å²) < 4.78 is 19.5. The molecule has 2 aromatic heterocycles. The molecule has 0 unspecified atom stereocenters. The first kappa shape index (κ1) is 16.9. The zero-order valence-electron chi connectivity index (χ0n) is 13.2. The van der Waals surface area contributed by atoms with E-state index in [0.717, 1.165) is 5.56 Å². The molecular weight excluding hydrogens is 347 g/mol. The Bertz CT molecular complexity index is 902. The van der Waals surface area contributed by atoms with E-state index in [9.17, 15) is 9.18 Å². The van der Waals surface area contributed by atoms with Crippen LogP contribution in [0.4, 0.5) is 4.39 Å². The number of furan rings is 1. The summed E-state index contributed by atoms with van der Waals surface area (Å²) >= 11 is 6.33. The molecule has 0 saturated heterocycles. The molecule has 8 heteroatoms. The number of hydrazone groups is 1. The summed E-state index contributed by atoms with van der Waals surface area (Å²) in [6, 6.07) is 9.24. The fourth-order valence-electron chi connectivity index (χ4n) is 2.20. The fraction of sp³-hybridized carbons (Fsp3) is 0.118.